The SMILES string of the molecule is C[C@@H](OCCO)[C@H](C)C(C)(C)C. The van der Waals surface area contributed by atoms with E-state index in [-0.39, 0.29) is 18.1 Å². The van der Waals surface area contributed by atoms with Crippen LogP contribution in [-0.2, 0) is 4.74 Å². The van der Waals surface area contributed by atoms with Crippen molar-refractivity contribution in [2.75, 3.05) is 13.2 Å². The van der Waals surface area contributed by atoms with Crippen molar-refractivity contribution in [2.24, 2.45) is 11.3 Å². The largest absolute Gasteiger partial charge is 0.394 e. The molecule has 1 N–H and O–H groups in total. The van der Waals surface area contributed by atoms with Crippen molar-refractivity contribution < 1.29 is 9.84 Å². The van der Waals surface area contributed by atoms with Gasteiger partial charge in [-0.15, -0.1) is 0 Å². The lowest BCUT2D eigenvalue weighted by molar-refractivity contribution is -0.0193. The molecule has 0 aromatic carbocycles. The molecule has 0 aliphatic carbocycles. The van der Waals surface area contributed by atoms with Gasteiger partial charge in [-0.1, -0.05) is 27.7 Å². The Labute approximate surface area is 75.9 Å². The second kappa shape index (κ2) is 4.83. The minimum Gasteiger partial charge on any atom is -0.394 e. The predicted molar refractivity (Wildman–Crippen MR) is 51.1 cm³/mol. The molecule has 0 fully saturated rings. The van der Waals surface area contributed by atoms with Gasteiger partial charge in [0.25, 0.3) is 0 Å². The molecule has 0 saturated heterocycles. The van der Waals surface area contributed by atoms with Crippen LogP contribution in [0.25, 0.3) is 0 Å². The average molecular weight is 174 g/mol. The van der Waals surface area contributed by atoms with E-state index in [1.54, 1.807) is 0 Å². The van der Waals surface area contributed by atoms with Crippen LogP contribution in [0.3, 0.4) is 0 Å². The van der Waals surface area contributed by atoms with Crippen LogP contribution in [0.15, 0.2) is 0 Å². The van der Waals surface area contributed by atoms with Crippen molar-refractivity contribution in [3.8, 4) is 0 Å². The molecule has 12 heavy (non-hydrogen) atoms. The van der Waals surface area contributed by atoms with E-state index >= 15 is 0 Å². The van der Waals surface area contributed by atoms with Gasteiger partial charge in [0.05, 0.1) is 19.3 Å². The summed E-state index contributed by atoms with van der Waals surface area (Å²) in [4.78, 5) is 0. The Balaban J connectivity index is 3.84. The van der Waals surface area contributed by atoms with Gasteiger partial charge in [0.1, 0.15) is 0 Å². The molecule has 0 aliphatic heterocycles. The fraction of sp³-hybridized carbons (Fsp3) is 1.00. The molecule has 2 nitrogen and oxygen atoms in total. The van der Waals surface area contributed by atoms with E-state index in [0.717, 1.165) is 0 Å². The van der Waals surface area contributed by atoms with Crippen molar-refractivity contribution in [2.45, 2.75) is 40.7 Å². The molecule has 0 aliphatic rings. The summed E-state index contributed by atoms with van der Waals surface area (Å²) in [5.41, 5.74) is 0.273. The number of rotatable bonds is 4. The Morgan fingerprint density at radius 2 is 1.75 bits per heavy atom. The van der Waals surface area contributed by atoms with Gasteiger partial charge in [-0.2, -0.15) is 0 Å². The number of aliphatic hydroxyl groups is 1. The molecule has 2 atom stereocenters. The molecule has 0 aromatic heterocycles. The highest BCUT2D eigenvalue weighted by Crippen LogP contribution is 2.29. The third-order valence-electron chi connectivity index (χ3n) is 2.54. The molecule has 0 amide bonds. The summed E-state index contributed by atoms with van der Waals surface area (Å²) in [6, 6.07) is 0. The van der Waals surface area contributed by atoms with Crippen LogP contribution in [0, 0.1) is 11.3 Å². The Hall–Kier alpha value is -0.0800. The molecule has 0 rings (SSSR count). The highest BCUT2D eigenvalue weighted by Gasteiger charge is 2.25. The van der Waals surface area contributed by atoms with Crippen LogP contribution < -0.4 is 0 Å². The summed E-state index contributed by atoms with van der Waals surface area (Å²) in [6.07, 6.45) is 0.220. The monoisotopic (exact) mass is 174 g/mol. The van der Waals surface area contributed by atoms with E-state index < -0.39 is 0 Å². The van der Waals surface area contributed by atoms with Gasteiger partial charge in [-0.05, 0) is 18.3 Å². The fourth-order valence-corrected chi connectivity index (χ4v) is 1.09. The zero-order valence-corrected chi connectivity index (χ0v) is 8.92. The third kappa shape index (κ3) is 4.07. The zero-order chi connectivity index (χ0) is 9.78. The lowest BCUT2D eigenvalue weighted by Crippen LogP contribution is -2.30. The van der Waals surface area contributed by atoms with Gasteiger partial charge in [-0.25, -0.2) is 0 Å². The molecular formula is C10H22O2. The maximum absolute atomic E-state index is 8.57. The first-order valence-electron chi connectivity index (χ1n) is 4.62. The lowest BCUT2D eigenvalue weighted by Gasteiger charge is -2.32. The van der Waals surface area contributed by atoms with Crippen molar-refractivity contribution in [3.63, 3.8) is 0 Å². The highest BCUT2D eigenvalue weighted by molar-refractivity contribution is 4.74. The smallest absolute Gasteiger partial charge is 0.0701 e. The highest BCUT2D eigenvalue weighted by atomic mass is 16.5. The summed E-state index contributed by atoms with van der Waals surface area (Å²) in [5.74, 6) is 0.504. The quantitative estimate of drug-likeness (QED) is 0.707. The summed E-state index contributed by atoms with van der Waals surface area (Å²) in [6.45, 7) is 11.4. The van der Waals surface area contributed by atoms with Crippen LogP contribution in [0.4, 0.5) is 0 Å². The standard InChI is InChI=1S/C10H22O2/c1-8(10(3,4)5)9(2)12-7-6-11/h8-9,11H,6-7H2,1-5H3/t8-,9+/m0/s1. The molecule has 0 aromatic rings. The van der Waals surface area contributed by atoms with E-state index in [4.69, 9.17) is 9.84 Å². The van der Waals surface area contributed by atoms with E-state index in [9.17, 15) is 0 Å². The predicted octanol–water partition coefficient (Wildman–Crippen LogP) is 2.07. The Morgan fingerprint density at radius 1 is 1.25 bits per heavy atom. The molecule has 0 spiro atoms. The maximum atomic E-state index is 8.57. The molecular weight excluding hydrogens is 152 g/mol. The first-order chi connectivity index (χ1) is 5.39. The fourth-order valence-electron chi connectivity index (χ4n) is 1.09. The van der Waals surface area contributed by atoms with Crippen molar-refractivity contribution in [3.05, 3.63) is 0 Å². The third-order valence-corrected chi connectivity index (χ3v) is 2.54. The van der Waals surface area contributed by atoms with E-state index in [2.05, 4.69) is 34.6 Å². The number of hydrogen-bond acceptors (Lipinski definition) is 2. The molecule has 0 unspecified atom stereocenters. The summed E-state index contributed by atoms with van der Waals surface area (Å²) in [5, 5.41) is 8.57. The van der Waals surface area contributed by atoms with Gasteiger partial charge in [0, 0.05) is 0 Å². The van der Waals surface area contributed by atoms with Gasteiger partial charge >= 0.3 is 0 Å². The van der Waals surface area contributed by atoms with Crippen molar-refractivity contribution >= 4 is 0 Å². The van der Waals surface area contributed by atoms with Crippen LogP contribution in [0.1, 0.15) is 34.6 Å². The molecule has 74 valence electrons. The van der Waals surface area contributed by atoms with Crippen molar-refractivity contribution in [1.29, 1.82) is 0 Å². The van der Waals surface area contributed by atoms with E-state index in [0.29, 0.717) is 12.5 Å². The molecule has 0 bridgehead atoms. The molecule has 2 heteroatoms. The van der Waals surface area contributed by atoms with Crippen LogP contribution >= 0.6 is 0 Å². The maximum Gasteiger partial charge on any atom is 0.0701 e. The first kappa shape index (κ1) is 11.9. The van der Waals surface area contributed by atoms with Gasteiger partial charge < -0.3 is 9.84 Å². The van der Waals surface area contributed by atoms with Gasteiger partial charge in [-0.3, -0.25) is 0 Å². The summed E-state index contributed by atoms with van der Waals surface area (Å²) >= 11 is 0. The lowest BCUT2D eigenvalue weighted by atomic mass is 9.79. The zero-order valence-electron chi connectivity index (χ0n) is 8.92. The Bertz CT molecular complexity index is 115. The minimum absolute atomic E-state index is 0.112. The number of aliphatic hydroxyl groups excluding tert-OH is 1. The minimum atomic E-state index is 0.112. The van der Waals surface area contributed by atoms with Crippen LogP contribution in [0.2, 0.25) is 0 Å². The molecule has 0 radical (unpaired) electrons. The average Bonchev–Trinajstić information content (AvgIpc) is 1.97. The Morgan fingerprint density at radius 3 is 2.08 bits per heavy atom. The topological polar surface area (TPSA) is 29.5 Å². The van der Waals surface area contributed by atoms with E-state index in [1.165, 1.54) is 0 Å². The van der Waals surface area contributed by atoms with Crippen LogP contribution in [-0.4, -0.2) is 24.4 Å². The van der Waals surface area contributed by atoms with Crippen molar-refractivity contribution in [1.82, 2.24) is 0 Å². The van der Waals surface area contributed by atoms with Gasteiger partial charge in [0.2, 0.25) is 0 Å². The second-order valence-corrected chi connectivity index (χ2v) is 4.45. The summed E-state index contributed by atoms with van der Waals surface area (Å²) < 4.78 is 5.43. The number of ether oxygens (including phenoxy) is 1. The van der Waals surface area contributed by atoms with E-state index in [1.807, 2.05) is 0 Å². The first-order valence-corrected chi connectivity index (χ1v) is 4.62. The van der Waals surface area contributed by atoms with Gasteiger partial charge in [0.15, 0.2) is 0 Å². The molecule has 0 saturated carbocycles. The number of hydrogen-bond donors (Lipinski definition) is 1. The second-order valence-electron chi connectivity index (χ2n) is 4.45. The summed E-state index contributed by atoms with van der Waals surface area (Å²) in [7, 11) is 0. The van der Waals surface area contributed by atoms with Crippen LogP contribution in [0.5, 0.6) is 0 Å². The molecule has 0 heterocycles. The normalized spacial score (nSPS) is 17.5. The Kier molecular flexibility index (Phi) is 4.80.